The first-order valence-corrected chi connectivity index (χ1v) is 9.61. The van der Waals surface area contributed by atoms with Crippen molar-refractivity contribution in [3.63, 3.8) is 0 Å². The summed E-state index contributed by atoms with van der Waals surface area (Å²) in [6, 6.07) is 8.99. The Labute approximate surface area is 156 Å². The van der Waals surface area contributed by atoms with Gasteiger partial charge in [-0.25, -0.2) is 17.2 Å². The fourth-order valence-electron chi connectivity index (χ4n) is 2.42. The lowest BCUT2D eigenvalue weighted by atomic mass is 10.3. The van der Waals surface area contributed by atoms with E-state index in [9.17, 15) is 22.0 Å². The molecule has 1 amide bonds. The van der Waals surface area contributed by atoms with E-state index in [-0.39, 0.29) is 6.54 Å². The Morgan fingerprint density at radius 1 is 1.15 bits per heavy atom. The lowest BCUT2D eigenvalue weighted by molar-refractivity contribution is -0.116. The maximum absolute atomic E-state index is 13.4. The number of sulfonamides is 1. The summed E-state index contributed by atoms with van der Waals surface area (Å²) in [4.78, 5) is 11.9. The molecule has 0 atom stereocenters. The van der Waals surface area contributed by atoms with Crippen LogP contribution in [0.25, 0.3) is 0 Å². The van der Waals surface area contributed by atoms with Gasteiger partial charge in [0.1, 0.15) is 5.75 Å². The van der Waals surface area contributed by atoms with Gasteiger partial charge in [-0.2, -0.15) is 4.31 Å². The van der Waals surface area contributed by atoms with Gasteiger partial charge in [0.2, 0.25) is 15.9 Å². The zero-order chi connectivity index (χ0) is 20.0. The zero-order valence-corrected chi connectivity index (χ0v) is 15.7. The van der Waals surface area contributed by atoms with Gasteiger partial charge in [0.15, 0.2) is 11.6 Å². The Kier molecular flexibility index (Phi) is 6.86. The van der Waals surface area contributed by atoms with Crippen LogP contribution in [0.5, 0.6) is 5.75 Å². The second-order valence-electron chi connectivity index (χ2n) is 5.66. The maximum Gasteiger partial charge on any atom is 0.243 e. The van der Waals surface area contributed by atoms with E-state index in [4.69, 9.17) is 4.74 Å². The Hall–Kier alpha value is -2.52. The van der Waals surface area contributed by atoms with Gasteiger partial charge < -0.3 is 10.1 Å². The first kappa shape index (κ1) is 20.8. The minimum absolute atomic E-state index is 0.0423. The van der Waals surface area contributed by atoms with Crippen molar-refractivity contribution < 1.29 is 26.7 Å². The SMILES string of the molecule is CCCN(CC(=O)Nc1ccccc1OC)S(=O)(=O)c1ccc(F)c(F)c1. The Bertz CT molecular complexity index is 919. The highest BCUT2D eigenvalue weighted by Crippen LogP contribution is 2.23. The van der Waals surface area contributed by atoms with Crippen LogP contribution in [-0.2, 0) is 14.8 Å². The third kappa shape index (κ3) is 5.01. The van der Waals surface area contributed by atoms with E-state index in [1.807, 2.05) is 0 Å². The molecule has 2 aromatic rings. The average Bonchev–Trinajstić information content (AvgIpc) is 2.64. The van der Waals surface area contributed by atoms with E-state index in [1.54, 1.807) is 31.2 Å². The highest BCUT2D eigenvalue weighted by atomic mass is 32.2. The second kappa shape index (κ2) is 8.92. The van der Waals surface area contributed by atoms with Crippen molar-refractivity contribution in [2.75, 3.05) is 25.5 Å². The molecule has 0 bridgehead atoms. The molecule has 0 saturated heterocycles. The van der Waals surface area contributed by atoms with Gasteiger partial charge in [-0.15, -0.1) is 0 Å². The van der Waals surface area contributed by atoms with Gasteiger partial charge in [0.05, 0.1) is 24.2 Å². The van der Waals surface area contributed by atoms with E-state index < -0.39 is 39.0 Å². The van der Waals surface area contributed by atoms with Crippen molar-refractivity contribution in [3.8, 4) is 5.75 Å². The first-order valence-electron chi connectivity index (χ1n) is 8.17. The van der Waals surface area contributed by atoms with Crippen molar-refractivity contribution in [2.45, 2.75) is 18.2 Å². The molecule has 0 radical (unpaired) electrons. The van der Waals surface area contributed by atoms with Crippen LogP contribution in [0.2, 0.25) is 0 Å². The summed E-state index contributed by atoms with van der Waals surface area (Å²) >= 11 is 0. The molecule has 0 unspecified atom stereocenters. The summed E-state index contributed by atoms with van der Waals surface area (Å²) < 4.78 is 58.1. The van der Waals surface area contributed by atoms with E-state index in [1.165, 1.54) is 7.11 Å². The summed E-state index contributed by atoms with van der Waals surface area (Å²) in [6.07, 6.45) is 0.435. The molecule has 27 heavy (non-hydrogen) atoms. The number of rotatable bonds is 8. The Morgan fingerprint density at radius 3 is 2.48 bits per heavy atom. The molecule has 0 aliphatic heterocycles. The highest BCUT2D eigenvalue weighted by molar-refractivity contribution is 7.89. The molecule has 0 aromatic heterocycles. The molecule has 1 N–H and O–H groups in total. The third-order valence-corrected chi connectivity index (χ3v) is 5.54. The quantitative estimate of drug-likeness (QED) is 0.742. The molecule has 0 aliphatic rings. The lowest BCUT2D eigenvalue weighted by Gasteiger charge is -2.21. The molecule has 0 aliphatic carbocycles. The Morgan fingerprint density at radius 2 is 1.85 bits per heavy atom. The normalized spacial score (nSPS) is 11.4. The van der Waals surface area contributed by atoms with Crippen molar-refractivity contribution in [1.82, 2.24) is 4.31 Å². The third-order valence-electron chi connectivity index (χ3n) is 3.70. The van der Waals surface area contributed by atoms with Crippen LogP contribution in [-0.4, -0.2) is 38.8 Å². The molecule has 9 heteroatoms. The number of nitrogens with zero attached hydrogens (tertiary/aromatic N) is 1. The number of anilines is 1. The average molecular weight is 398 g/mol. The maximum atomic E-state index is 13.4. The van der Waals surface area contributed by atoms with Crippen LogP contribution in [0.4, 0.5) is 14.5 Å². The smallest absolute Gasteiger partial charge is 0.243 e. The van der Waals surface area contributed by atoms with E-state index in [0.717, 1.165) is 16.4 Å². The first-order chi connectivity index (χ1) is 12.8. The van der Waals surface area contributed by atoms with Crippen molar-refractivity contribution in [2.24, 2.45) is 0 Å². The molecule has 0 heterocycles. The number of halogens is 2. The molecule has 0 saturated carbocycles. The summed E-state index contributed by atoms with van der Waals surface area (Å²) in [6.45, 7) is 1.31. The molecular formula is C18H20F2N2O4S. The number of hydrogen-bond donors (Lipinski definition) is 1. The summed E-state index contributed by atoms with van der Waals surface area (Å²) in [5.74, 6) is -2.58. The monoisotopic (exact) mass is 398 g/mol. The van der Waals surface area contributed by atoms with Crippen molar-refractivity contribution in [3.05, 3.63) is 54.1 Å². The molecule has 2 rings (SSSR count). The van der Waals surface area contributed by atoms with Gasteiger partial charge in [-0.05, 0) is 36.8 Å². The molecule has 0 spiro atoms. The second-order valence-corrected chi connectivity index (χ2v) is 7.60. The van der Waals surface area contributed by atoms with Gasteiger partial charge in [0.25, 0.3) is 0 Å². The number of benzene rings is 2. The zero-order valence-electron chi connectivity index (χ0n) is 14.9. The Balaban J connectivity index is 2.23. The lowest BCUT2D eigenvalue weighted by Crippen LogP contribution is -2.38. The summed E-state index contributed by atoms with van der Waals surface area (Å²) in [5.41, 5.74) is 0.395. The van der Waals surface area contributed by atoms with Crippen LogP contribution < -0.4 is 10.1 Å². The number of nitrogens with one attached hydrogen (secondary N) is 1. The largest absolute Gasteiger partial charge is 0.495 e. The minimum Gasteiger partial charge on any atom is -0.495 e. The van der Waals surface area contributed by atoms with Gasteiger partial charge in [-0.1, -0.05) is 19.1 Å². The summed E-state index contributed by atoms with van der Waals surface area (Å²) in [5, 5.41) is 2.59. The van der Waals surface area contributed by atoms with E-state index in [2.05, 4.69) is 5.32 Å². The number of para-hydroxylation sites is 2. The predicted molar refractivity (Wildman–Crippen MR) is 97.0 cm³/mol. The van der Waals surface area contributed by atoms with Crippen LogP contribution in [0.1, 0.15) is 13.3 Å². The number of amides is 1. The number of hydrogen-bond acceptors (Lipinski definition) is 4. The van der Waals surface area contributed by atoms with Crippen LogP contribution in [0.15, 0.2) is 47.4 Å². The molecule has 0 fully saturated rings. The molecule has 146 valence electrons. The fourth-order valence-corrected chi connectivity index (χ4v) is 3.92. The predicted octanol–water partition coefficient (Wildman–Crippen LogP) is 3.01. The van der Waals surface area contributed by atoms with Crippen LogP contribution >= 0.6 is 0 Å². The van der Waals surface area contributed by atoms with E-state index >= 15 is 0 Å². The van der Waals surface area contributed by atoms with Gasteiger partial charge >= 0.3 is 0 Å². The van der Waals surface area contributed by atoms with Crippen molar-refractivity contribution in [1.29, 1.82) is 0 Å². The van der Waals surface area contributed by atoms with Gasteiger partial charge in [0, 0.05) is 6.54 Å². The van der Waals surface area contributed by atoms with E-state index in [0.29, 0.717) is 23.9 Å². The highest BCUT2D eigenvalue weighted by Gasteiger charge is 2.27. The number of methoxy groups -OCH3 is 1. The standard InChI is InChI=1S/C18H20F2N2O4S/c1-3-10-22(27(24,25)13-8-9-14(19)15(20)11-13)12-18(23)21-16-6-4-5-7-17(16)26-2/h4-9,11H,3,10,12H2,1-2H3,(H,21,23). The number of carbonyl (C=O) groups is 1. The fraction of sp³-hybridized carbons (Fsp3) is 0.278. The van der Waals surface area contributed by atoms with Gasteiger partial charge in [-0.3, -0.25) is 4.79 Å². The molecular weight excluding hydrogens is 378 g/mol. The minimum atomic E-state index is -4.17. The number of carbonyl (C=O) groups excluding carboxylic acids is 1. The van der Waals surface area contributed by atoms with Crippen LogP contribution in [0, 0.1) is 11.6 Å². The van der Waals surface area contributed by atoms with Crippen molar-refractivity contribution >= 4 is 21.6 Å². The topological polar surface area (TPSA) is 75.7 Å². The molecule has 6 nitrogen and oxygen atoms in total. The summed E-state index contributed by atoms with van der Waals surface area (Å²) in [7, 11) is -2.72. The van der Waals surface area contributed by atoms with Crippen LogP contribution in [0.3, 0.4) is 0 Å². The number of ether oxygens (including phenoxy) is 1. The molecule has 2 aromatic carbocycles.